The molecule has 2 heteroatoms. The first-order valence-electron chi connectivity index (χ1n) is 5.11. The van der Waals surface area contributed by atoms with Gasteiger partial charge in [0.1, 0.15) is 0 Å². The lowest BCUT2D eigenvalue weighted by Crippen LogP contribution is -1.91. The molecule has 0 fully saturated rings. The number of nitrogens with zero attached hydrogens (tertiary/aromatic N) is 1. The molecule has 1 radical (unpaired) electrons. The molecular formula is C14H9ClN. The molecule has 1 nitrogen and oxygen atoms in total. The fourth-order valence-corrected chi connectivity index (χ4v) is 1.92. The third-order valence-electron chi connectivity index (χ3n) is 2.61. The van der Waals surface area contributed by atoms with E-state index in [0.717, 1.165) is 22.0 Å². The first-order chi connectivity index (χ1) is 7.83. The summed E-state index contributed by atoms with van der Waals surface area (Å²) in [6.45, 7) is 0. The Bertz CT molecular complexity index is 555. The van der Waals surface area contributed by atoms with Gasteiger partial charge in [-0.1, -0.05) is 41.9 Å². The van der Waals surface area contributed by atoms with E-state index in [1.165, 1.54) is 5.56 Å². The van der Waals surface area contributed by atoms with Gasteiger partial charge in [-0.2, -0.15) is 0 Å². The third-order valence-corrected chi connectivity index (χ3v) is 2.86. The van der Waals surface area contributed by atoms with Gasteiger partial charge in [0.05, 0.1) is 11.4 Å². The Morgan fingerprint density at radius 2 is 1.62 bits per heavy atom. The van der Waals surface area contributed by atoms with Crippen molar-refractivity contribution in [1.29, 1.82) is 0 Å². The van der Waals surface area contributed by atoms with E-state index in [1.54, 1.807) is 0 Å². The van der Waals surface area contributed by atoms with Gasteiger partial charge < -0.3 is 0 Å². The van der Waals surface area contributed by atoms with Crippen molar-refractivity contribution >= 4 is 29.1 Å². The summed E-state index contributed by atoms with van der Waals surface area (Å²) in [4.78, 5) is 0. The van der Waals surface area contributed by atoms with E-state index in [2.05, 4.69) is 17.5 Å². The average molecular weight is 227 g/mol. The van der Waals surface area contributed by atoms with Crippen molar-refractivity contribution in [3.05, 3.63) is 64.7 Å². The largest absolute Gasteiger partial charge is 0.248 e. The Morgan fingerprint density at radius 3 is 2.38 bits per heavy atom. The predicted octanol–water partition coefficient (Wildman–Crippen LogP) is 4.09. The maximum atomic E-state index is 5.86. The molecule has 0 saturated carbocycles. The number of hydrogen-bond acceptors (Lipinski definition) is 0. The molecule has 0 aliphatic carbocycles. The number of fused-ring (bicyclic) bond motifs is 1. The first-order valence-corrected chi connectivity index (χ1v) is 5.49. The van der Waals surface area contributed by atoms with Crippen LogP contribution in [-0.2, 0) is 0 Å². The zero-order valence-electron chi connectivity index (χ0n) is 8.52. The van der Waals surface area contributed by atoms with E-state index >= 15 is 0 Å². The maximum absolute atomic E-state index is 5.86. The van der Waals surface area contributed by atoms with Crippen molar-refractivity contribution in [2.45, 2.75) is 0 Å². The monoisotopic (exact) mass is 226 g/mol. The van der Waals surface area contributed by atoms with Crippen LogP contribution in [0.2, 0.25) is 5.02 Å². The minimum absolute atomic E-state index is 0.750. The highest BCUT2D eigenvalue weighted by Gasteiger charge is 2.13. The van der Waals surface area contributed by atoms with Crippen LogP contribution >= 0.6 is 11.6 Å². The van der Waals surface area contributed by atoms with Crippen molar-refractivity contribution < 1.29 is 0 Å². The lowest BCUT2D eigenvalue weighted by atomic mass is 10.1. The minimum atomic E-state index is 0.750. The molecular weight excluding hydrogens is 218 g/mol. The van der Waals surface area contributed by atoms with Gasteiger partial charge in [-0.05, 0) is 24.3 Å². The minimum Gasteiger partial charge on any atom is -0.248 e. The molecule has 0 N–H and O–H groups in total. The summed E-state index contributed by atoms with van der Waals surface area (Å²) in [6, 6.07) is 15.9. The van der Waals surface area contributed by atoms with Crippen LogP contribution in [0, 0.1) is 0 Å². The van der Waals surface area contributed by atoms with Gasteiger partial charge in [0.15, 0.2) is 0 Å². The summed E-state index contributed by atoms with van der Waals surface area (Å²) in [5, 5.41) is 5.32. The lowest BCUT2D eigenvalue weighted by molar-refractivity contribution is 1.23. The number of rotatable bonds is 1. The van der Waals surface area contributed by atoms with Crippen LogP contribution in [0.15, 0.2) is 48.5 Å². The second kappa shape index (κ2) is 3.69. The highest BCUT2D eigenvalue weighted by atomic mass is 35.5. The second-order valence-corrected chi connectivity index (χ2v) is 4.14. The van der Waals surface area contributed by atoms with Gasteiger partial charge in [-0.3, -0.25) is 0 Å². The molecule has 1 aliphatic heterocycles. The zero-order valence-corrected chi connectivity index (χ0v) is 9.28. The van der Waals surface area contributed by atoms with Crippen molar-refractivity contribution in [2.75, 3.05) is 0 Å². The fourth-order valence-electron chi connectivity index (χ4n) is 1.79. The van der Waals surface area contributed by atoms with Crippen LogP contribution in [0.5, 0.6) is 0 Å². The van der Waals surface area contributed by atoms with Gasteiger partial charge in [0.25, 0.3) is 0 Å². The topological polar surface area (TPSA) is 14.1 Å². The fraction of sp³-hybridized carbons (Fsp3) is 0. The molecule has 0 atom stereocenters. The molecule has 0 saturated heterocycles. The van der Waals surface area contributed by atoms with Crippen LogP contribution in [0.1, 0.15) is 11.1 Å². The Balaban J connectivity index is 1.98. The van der Waals surface area contributed by atoms with Crippen LogP contribution in [0.4, 0.5) is 5.69 Å². The van der Waals surface area contributed by atoms with Crippen LogP contribution < -0.4 is 5.32 Å². The van der Waals surface area contributed by atoms with Gasteiger partial charge in [-0.25, -0.2) is 5.32 Å². The van der Waals surface area contributed by atoms with E-state index in [-0.39, 0.29) is 0 Å². The molecule has 0 unspecified atom stereocenters. The molecule has 0 bridgehead atoms. The first kappa shape index (κ1) is 9.49. The van der Waals surface area contributed by atoms with Crippen LogP contribution in [-0.4, -0.2) is 0 Å². The van der Waals surface area contributed by atoms with Gasteiger partial charge in [0, 0.05) is 16.1 Å². The molecule has 77 valence electrons. The van der Waals surface area contributed by atoms with E-state index in [4.69, 9.17) is 11.6 Å². The third kappa shape index (κ3) is 1.59. The zero-order chi connectivity index (χ0) is 11.0. The van der Waals surface area contributed by atoms with E-state index < -0.39 is 0 Å². The second-order valence-electron chi connectivity index (χ2n) is 3.71. The maximum Gasteiger partial charge on any atom is 0.0716 e. The van der Waals surface area contributed by atoms with Gasteiger partial charge in [0.2, 0.25) is 0 Å². The summed E-state index contributed by atoms with van der Waals surface area (Å²) >= 11 is 5.86. The summed E-state index contributed by atoms with van der Waals surface area (Å²) in [6.07, 6.45) is 2.10. The molecule has 2 aromatic carbocycles. The predicted molar refractivity (Wildman–Crippen MR) is 67.6 cm³/mol. The SMILES string of the molecule is Clc1ccc(C2=Cc3ccccc3[N]2)cc1. The van der Waals surface area contributed by atoms with Crippen molar-refractivity contribution in [3.63, 3.8) is 0 Å². The van der Waals surface area contributed by atoms with Crippen LogP contribution in [0.25, 0.3) is 11.8 Å². The van der Waals surface area contributed by atoms with Crippen LogP contribution in [0.3, 0.4) is 0 Å². The molecule has 3 rings (SSSR count). The number of benzene rings is 2. The van der Waals surface area contributed by atoms with Gasteiger partial charge >= 0.3 is 0 Å². The summed E-state index contributed by atoms with van der Waals surface area (Å²) in [5.41, 5.74) is 4.30. The molecule has 2 aromatic rings. The average Bonchev–Trinajstić information content (AvgIpc) is 2.73. The molecule has 0 spiro atoms. The molecule has 1 aliphatic rings. The normalized spacial score (nSPS) is 12.9. The Morgan fingerprint density at radius 1 is 0.875 bits per heavy atom. The van der Waals surface area contributed by atoms with E-state index in [0.29, 0.717) is 0 Å². The van der Waals surface area contributed by atoms with Crippen molar-refractivity contribution in [2.24, 2.45) is 0 Å². The number of halogens is 1. The molecule has 0 amide bonds. The highest BCUT2D eigenvalue weighted by Crippen LogP contribution is 2.32. The molecule has 16 heavy (non-hydrogen) atoms. The Hall–Kier alpha value is -1.73. The van der Waals surface area contributed by atoms with Gasteiger partial charge in [-0.15, -0.1) is 0 Å². The smallest absolute Gasteiger partial charge is 0.0716 e. The standard InChI is InChI=1S/C14H9ClN/c15-12-7-5-10(6-8-12)14-9-11-3-1-2-4-13(11)16-14/h1-9H. The Labute approximate surface area is 99.4 Å². The quantitative estimate of drug-likeness (QED) is 0.696. The molecule has 1 heterocycles. The summed E-state index contributed by atoms with van der Waals surface area (Å²) in [7, 11) is 0. The molecule has 0 aromatic heterocycles. The summed E-state index contributed by atoms with van der Waals surface area (Å²) < 4.78 is 0. The van der Waals surface area contributed by atoms with Crippen molar-refractivity contribution in [3.8, 4) is 0 Å². The van der Waals surface area contributed by atoms with E-state index in [9.17, 15) is 0 Å². The lowest BCUT2D eigenvalue weighted by Gasteiger charge is -2.02. The number of para-hydroxylation sites is 1. The highest BCUT2D eigenvalue weighted by molar-refractivity contribution is 6.30. The summed E-state index contributed by atoms with van der Waals surface area (Å²) in [5.74, 6) is 0. The van der Waals surface area contributed by atoms with E-state index in [1.807, 2.05) is 42.5 Å². The van der Waals surface area contributed by atoms with Crippen molar-refractivity contribution in [1.82, 2.24) is 5.32 Å². The number of hydrogen-bond donors (Lipinski definition) is 0. The Kier molecular flexibility index (Phi) is 2.19.